The number of rotatable bonds is 5. The summed E-state index contributed by atoms with van der Waals surface area (Å²) in [6, 6.07) is 8.29. The van der Waals surface area contributed by atoms with Crippen LogP contribution >= 0.6 is 11.3 Å². The Balaban J connectivity index is 1.90. The predicted octanol–water partition coefficient (Wildman–Crippen LogP) is 2.74. The van der Waals surface area contributed by atoms with Gasteiger partial charge in [-0.2, -0.15) is 0 Å². The lowest BCUT2D eigenvalue weighted by molar-refractivity contribution is 0.287. The van der Waals surface area contributed by atoms with Crippen LogP contribution in [0.2, 0.25) is 0 Å². The van der Waals surface area contributed by atoms with Gasteiger partial charge in [-0.25, -0.2) is 0 Å². The third kappa shape index (κ3) is 3.43. The zero-order valence-corrected chi connectivity index (χ0v) is 11.1. The van der Waals surface area contributed by atoms with Gasteiger partial charge in [0.25, 0.3) is 0 Å². The quantitative estimate of drug-likeness (QED) is 0.887. The van der Waals surface area contributed by atoms with Crippen LogP contribution in [0.1, 0.15) is 21.3 Å². The molecule has 0 aliphatic heterocycles. The first-order valence-corrected chi connectivity index (χ1v) is 6.50. The second kappa shape index (κ2) is 5.49. The molecule has 0 radical (unpaired) electrons. The van der Waals surface area contributed by atoms with Gasteiger partial charge in [-0.15, -0.1) is 11.3 Å². The molecule has 0 saturated heterocycles. The first-order valence-electron chi connectivity index (χ1n) is 5.69. The van der Waals surface area contributed by atoms with Crippen molar-refractivity contribution >= 4 is 11.3 Å². The second-order valence-electron chi connectivity index (χ2n) is 4.26. The number of nitrogens with zero attached hydrogens (tertiary/aromatic N) is 1. The maximum absolute atomic E-state index is 5.60. The number of nitrogens with two attached hydrogens (primary N) is 1. The largest absolute Gasteiger partial charge is 0.465 e. The molecule has 0 spiro atoms. The smallest absolute Gasteiger partial charge is 0.118 e. The van der Waals surface area contributed by atoms with E-state index in [0.29, 0.717) is 6.54 Å². The van der Waals surface area contributed by atoms with E-state index in [2.05, 4.69) is 24.1 Å². The molecule has 0 fully saturated rings. The molecule has 2 rings (SSSR count). The van der Waals surface area contributed by atoms with Gasteiger partial charge in [-0.3, -0.25) is 4.90 Å². The normalized spacial score (nSPS) is 11.3. The fourth-order valence-corrected chi connectivity index (χ4v) is 2.75. The van der Waals surface area contributed by atoms with Gasteiger partial charge in [0, 0.05) is 22.8 Å². The van der Waals surface area contributed by atoms with Crippen LogP contribution < -0.4 is 5.73 Å². The number of hydrogen-bond acceptors (Lipinski definition) is 4. The van der Waals surface area contributed by atoms with Gasteiger partial charge in [-0.05, 0) is 38.2 Å². The lowest BCUT2D eigenvalue weighted by Crippen LogP contribution is -2.16. The zero-order valence-electron chi connectivity index (χ0n) is 10.3. The van der Waals surface area contributed by atoms with E-state index in [1.165, 1.54) is 9.75 Å². The first kappa shape index (κ1) is 12.4. The van der Waals surface area contributed by atoms with Crippen molar-refractivity contribution in [2.45, 2.75) is 26.6 Å². The summed E-state index contributed by atoms with van der Waals surface area (Å²) in [4.78, 5) is 4.82. The summed E-state index contributed by atoms with van der Waals surface area (Å²) in [5.74, 6) is 1.98. The summed E-state index contributed by atoms with van der Waals surface area (Å²) in [5.41, 5.74) is 5.60. The molecule has 0 atom stereocenters. The minimum absolute atomic E-state index is 0.631. The van der Waals surface area contributed by atoms with E-state index in [9.17, 15) is 0 Å². The molecule has 0 bridgehead atoms. The van der Waals surface area contributed by atoms with E-state index < -0.39 is 0 Å². The Morgan fingerprint density at radius 3 is 2.53 bits per heavy atom. The molecule has 92 valence electrons. The lowest BCUT2D eigenvalue weighted by atomic mass is 10.3. The van der Waals surface area contributed by atoms with E-state index in [1.54, 1.807) is 11.3 Å². The highest BCUT2D eigenvalue weighted by atomic mass is 32.1. The summed E-state index contributed by atoms with van der Waals surface area (Å²) in [6.45, 7) is 4.37. The highest BCUT2D eigenvalue weighted by Crippen LogP contribution is 2.18. The monoisotopic (exact) mass is 250 g/mol. The summed E-state index contributed by atoms with van der Waals surface area (Å²) in [7, 11) is 2.10. The van der Waals surface area contributed by atoms with Crippen LogP contribution in [0.4, 0.5) is 0 Å². The number of aryl methyl sites for hydroxylation is 1. The van der Waals surface area contributed by atoms with E-state index in [0.717, 1.165) is 24.6 Å². The molecule has 0 aromatic carbocycles. The van der Waals surface area contributed by atoms with Crippen molar-refractivity contribution in [1.82, 2.24) is 4.90 Å². The van der Waals surface area contributed by atoms with Gasteiger partial charge in [0.1, 0.15) is 11.5 Å². The Morgan fingerprint density at radius 2 is 1.94 bits per heavy atom. The molecule has 2 N–H and O–H groups in total. The third-order valence-corrected chi connectivity index (χ3v) is 3.66. The van der Waals surface area contributed by atoms with Crippen molar-refractivity contribution in [1.29, 1.82) is 0 Å². The standard InChI is InChI=1S/C13H18N2OS/c1-10-3-4-11(16-10)8-15(2)9-13-6-5-12(7-14)17-13/h3-6H,7-9,14H2,1-2H3. The molecule has 2 aromatic rings. The van der Waals surface area contributed by atoms with Gasteiger partial charge < -0.3 is 10.2 Å². The molecule has 0 unspecified atom stereocenters. The highest BCUT2D eigenvalue weighted by Gasteiger charge is 2.06. The number of thiophene rings is 1. The van der Waals surface area contributed by atoms with Crippen LogP contribution in [0.25, 0.3) is 0 Å². The van der Waals surface area contributed by atoms with Crippen molar-refractivity contribution < 1.29 is 4.42 Å². The van der Waals surface area contributed by atoms with Crippen LogP contribution in [0.5, 0.6) is 0 Å². The molecule has 0 amide bonds. The Hall–Kier alpha value is -1.10. The summed E-state index contributed by atoms with van der Waals surface area (Å²) >= 11 is 1.78. The molecule has 4 heteroatoms. The molecule has 2 aromatic heterocycles. The van der Waals surface area contributed by atoms with Crippen LogP contribution in [-0.2, 0) is 19.6 Å². The van der Waals surface area contributed by atoms with Crippen LogP contribution in [0, 0.1) is 6.92 Å². The number of hydrogen-bond donors (Lipinski definition) is 1. The number of furan rings is 1. The fourth-order valence-electron chi connectivity index (χ4n) is 1.78. The third-order valence-electron chi connectivity index (χ3n) is 2.57. The van der Waals surface area contributed by atoms with Crippen molar-refractivity contribution in [2.24, 2.45) is 5.73 Å². The Bertz CT molecular complexity index is 475. The average Bonchev–Trinajstić information content (AvgIpc) is 2.88. The maximum atomic E-state index is 5.60. The van der Waals surface area contributed by atoms with Gasteiger partial charge in [0.15, 0.2) is 0 Å². The van der Waals surface area contributed by atoms with E-state index in [4.69, 9.17) is 10.2 Å². The Kier molecular flexibility index (Phi) is 3.99. The molecule has 0 aliphatic carbocycles. The van der Waals surface area contributed by atoms with Crippen molar-refractivity contribution in [3.8, 4) is 0 Å². The van der Waals surface area contributed by atoms with Crippen LogP contribution in [0.3, 0.4) is 0 Å². The van der Waals surface area contributed by atoms with Gasteiger partial charge in [0.05, 0.1) is 6.54 Å². The molecule has 3 nitrogen and oxygen atoms in total. The van der Waals surface area contributed by atoms with Gasteiger partial charge >= 0.3 is 0 Å². The average molecular weight is 250 g/mol. The Morgan fingerprint density at radius 1 is 1.18 bits per heavy atom. The van der Waals surface area contributed by atoms with Crippen molar-refractivity contribution in [3.63, 3.8) is 0 Å². The minimum Gasteiger partial charge on any atom is -0.465 e. The second-order valence-corrected chi connectivity index (χ2v) is 5.51. The maximum Gasteiger partial charge on any atom is 0.118 e. The minimum atomic E-state index is 0.631. The first-order chi connectivity index (χ1) is 8.17. The predicted molar refractivity (Wildman–Crippen MR) is 70.8 cm³/mol. The fraction of sp³-hybridized carbons (Fsp3) is 0.385. The summed E-state index contributed by atoms with van der Waals surface area (Å²) < 4.78 is 5.56. The van der Waals surface area contributed by atoms with Crippen molar-refractivity contribution in [3.05, 3.63) is 45.5 Å². The van der Waals surface area contributed by atoms with Crippen molar-refractivity contribution in [2.75, 3.05) is 7.05 Å². The molecule has 2 heterocycles. The summed E-state index contributed by atoms with van der Waals surface area (Å²) in [6.07, 6.45) is 0. The summed E-state index contributed by atoms with van der Waals surface area (Å²) in [5, 5.41) is 0. The molecule has 17 heavy (non-hydrogen) atoms. The zero-order chi connectivity index (χ0) is 12.3. The van der Waals surface area contributed by atoms with Crippen LogP contribution in [0.15, 0.2) is 28.7 Å². The molecular weight excluding hydrogens is 232 g/mol. The van der Waals surface area contributed by atoms with Crippen LogP contribution in [-0.4, -0.2) is 11.9 Å². The SMILES string of the molecule is Cc1ccc(CN(C)Cc2ccc(CN)s2)o1. The van der Waals surface area contributed by atoms with E-state index in [-0.39, 0.29) is 0 Å². The van der Waals surface area contributed by atoms with E-state index in [1.807, 2.05) is 19.1 Å². The lowest BCUT2D eigenvalue weighted by Gasteiger charge is -2.13. The topological polar surface area (TPSA) is 42.4 Å². The molecule has 0 saturated carbocycles. The van der Waals surface area contributed by atoms with Gasteiger partial charge in [0.2, 0.25) is 0 Å². The van der Waals surface area contributed by atoms with Gasteiger partial charge in [-0.1, -0.05) is 0 Å². The molecule has 0 aliphatic rings. The Labute approximate surface area is 106 Å². The highest BCUT2D eigenvalue weighted by molar-refractivity contribution is 7.11. The van der Waals surface area contributed by atoms with E-state index >= 15 is 0 Å². The molecular formula is C13H18N2OS.